The zero-order valence-corrected chi connectivity index (χ0v) is 16.5. The summed E-state index contributed by atoms with van der Waals surface area (Å²) in [6, 6.07) is 3.78. The number of thiazole rings is 1. The Morgan fingerprint density at radius 1 is 1.19 bits per heavy atom. The van der Waals surface area contributed by atoms with Crippen LogP contribution in [0.5, 0.6) is 0 Å². The maximum absolute atomic E-state index is 12.3. The van der Waals surface area contributed by atoms with Crippen LogP contribution in [0.2, 0.25) is 0 Å². The first-order chi connectivity index (χ1) is 12.4. The van der Waals surface area contributed by atoms with Gasteiger partial charge in [0.25, 0.3) is 0 Å². The molecule has 1 amide bonds. The lowest BCUT2D eigenvalue weighted by Gasteiger charge is -2.33. The van der Waals surface area contributed by atoms with Crippen LogP contribution in [0.1, 0.15) is 37.0 Å². The van der Waals surface area contributed by atoms with Crippen molar-refractivity contribution in [2.75, 3.05) is 26.2 Å². The highest BCUT2D eigenvalue weighted by atomic mass is 32.1. The van der Waals surface area contributed by atoms with Gasteiger partial charge in [-0.3, -0.25) is 14.7 Å². The highest BCUT2D eigenvalue weighted by Crippen LogP contribution is 2.26. The zero-order chi connectivity index (χ0) is 18.6. The number of piperazine rings is 1. The number of aromatic nitrogens is 2. The van der Waals surface area contributed by atoms with Crippen molar-refractivity contribution in [3.05, 3.63) is 52.2 Å². The smallest absolute Gasteiger partial charge is 0.246 e. The van der Waals surface area contributed by atoms with Crippen molar-refractivity contribution < 1.29 is 4.79 Å². The number of carbonyl (C=O) groups excluding carboxylic acids is 1. The third-order valence-electron chi connectivity index (χ3n) is 4.39. The summed E-state index contributed by atoms with van der Waals surface area (Å²) in [7, 11) is 0. The molecule has 5 nitrogen and oxygen atoms in total. The number of pyridine rings is 1. The van der Waals surface area contributed by atoms with Crippen molar-refractivity contribution in [1.29, 1.82) is 0 Å². The van der Waals surface area contributed by atoms with Gasteiger partial charge in [0.05, 0.1) is 10.7 Å². The molecule has 26 heavy (non-hydrogen) atoms. The number of carbonyl (C=O) groups is 1. The van der Waals surface area contributed by atoms with E-state index in [9.17, 15) is 4.79 Å². The summed E-state index contributed by atoms with van der Waals surface area (Å²) in [5.74, 6) is 0.0742. The molecule has 0 unspecified atom stereocenters. The molecule has 0 bridgehead atoms. The van der Waals surface area contributed by atoms with E-state index in [-0.39, 0.29) is 11.3 Å². The van der Waals surface area contributed by atoms with E-state index in [0.29, 0.717) is 0 Å². The Morgan fingerprint density at radius 3 is 2.50 bits per heavy atom. The Kier molecular flexibility index (Phi) is 5.84. The van der Waals surface area contributed by atoms with Gasteiger partial charge in [0.2, 0.25) is 5.91 Å². The molecule has 0 atom stereocenters. The Bertz CT molecular complexity index is 756. The summed E-state index contributed by atoms with van der Waals surface area (Å²) < 4.78 is 0. The van der Waals surface area contributed by atoms with E-state index >= 15 is 0 Å². The normalized spacial score (nSPS) is 16.3. The maximum Gasteiger partial charge on any atom is 0.246 e. The Balaban J connectivity index is 1.49. The minimum Gasteiger partial charge on any atom is -0.337 e. The highest BCUT2D eigenvalue weighted by Gasteiger charge is 2.22. The van der Waals surface area contributed by atoms with E-state index in [1.54, 1.807) is 29.8 Å². The van der Waals surface area contributed by atoms with Gasteiger partial charge in [0.15, 0.2) is 0 Å². The molecule has 0 N–H and O–H groups in total. The monoisotopic (exact) mass is 370 g/mol. The van der Waals surface area contributed by atoms with Gasteiger partial charge in [-0.05, 0) is 23.8 Å². The Morgan fingerprint density at radius 2 is 1.88 bits per heavy atom. The number of nitrogens with zero attached hydrogens (tertiary/aromatic N) is 4. The summed E-state index contributed by atoms with van der Waals surface area (Å²) >= 11 is 1.74. The van der Waals surface area contributed by atoms with Crippen LogP contribution in [0.15, 0.2) is 36.0 Å². The first-order valence-corrected chi connectivity index (χ1v) is 9.84. The Hall–Kier alpha value is -2.05. The lowest BCUT2D eigenvalue weighted by Crippen LogP contribution is -2.47. The number of hydrogen-bond donors (Lipinski definition) is 0. The third-order valence-corrected chi connectivity index (χ3v) is 5.70. The minimum absolute atomic E-state index is 0.0742. The second-order valence-electron chi connectivity index (χ2n) is 7.61. The highest BCUT2D eigenvalue weighted by molar-refractivity contribution is 7.09. The van der Waals surface area contributed by atoms with E-state index in [0.717, 1.165) is 44.0 Å². The topological polar surface area (TPSA) is 49.3 Å². The quantitative estimate of drug-likeness (QED) is 0.776. The predicted molar refractivity (Wildman–Crippen MR) is 106 cm³/mol. The molecule has 138 valence electrons. The maximum atomic E-state index is 12.3. The van der Waals surface area contributed by atoms with Gasteiger partial charge >= 0.3 is 0 Å². The second-order valence-corrected chi connectivity index (χ2v) is 8.47. The van der Waals surface area contributed by atoms with Gasteiger partial charge in [-0.2, -0.15) is 0 Å². The van der Waals surface area contributed by atoms with Gasteiger partial charge < -0.3 is 4.90 Å². The van der Waals surface area contributed by atoms with Gasteiger partial charge in [-0.25, -0.2) is 4.98 Å². The molecule has 2 aromatic rings. The van der Waals surface area contributed by atoms with Crippen LogP contribution in [0.4, 0.5) is 0 Å². The molecule has 0 aromatic carbocycles. The van der Waals surface area contributed by atoms with Crippen LogP contribution >= 0.6 is 11.3 Å². The largest absolute Gasteiger partial charge is 0.337 e. The van der Waals surface area contributed by atoms with E-state index in [4.69, 9.17) is 4.98 Å². The molecule has 6 heteroatoms. The molecule has 1 saturated heterocycles. The van der Waals surface area contributed by atoms with E-state index in [1.165, 1.54) is 5.01 Å². The van der Waals surface area contributed by atoms with Crippen molar-refractivity contribution in [2.45, 2.75) is 32.7 Å². The zero-order valence-electron chi connectivity index (χ0n) is 15.7. The molecule has 0 radical (unpaired) electrons. The fraction of sp³-hybridized carbons (Fsp3) is 0.450. The Labute approximate surface area is 159 Å². The molecular weight excluding hydrogens is 344 g/mol. The average molecular weight is 371 g/mol. The number of hydrogen-bond acceptors (Lipinski definition) is 5. The fourth-order valence-electron chi connectivity index (χ4n) is 2.83. The molecular formula is C20H26N4OS. The van der Waals surface area contributed by atoms with E-state index < -0.39 is 0 Å². The van der Waals surface area contributed by atoms with Crippen LogP contribution in [0.3, 0.4) is 0 Å². The first kappa shape index (κ1) is 18.7. The van der Waals surface area contributed by atoms with Gasteiger partial charge in [-0.15, -0.1) is 11.3 Å². The van der Waals surface area contributed by atoms with Crippen LogP contribution in [-0.4, -0.2) is 51.9 Å². The van der Waals surface area contributed by atoms with Crippen LogP contribution < -0.4 is 0 Å². The van der Waals surface area contributed by atoms with Crippen LogP contribution in [0.25, 0.3) is 6.08 Å². The summed E-state index contributed by atoms with van der Waals surface area (Å²) in [5, 5.41) is 3.35. The van der Waals surface area contributed by atoms with Gasteiger partial charge in [-0.1, -0.05) is 20.8 Å². The minimum atomic E-state index is 0.0742. The number of rotatable bonds is 4. The molecule has 1 fully saturated rings. The molecule has 0 saturated carbocycles. The summed E-state index contributed by atoms with van der Waals surface area (Å²) in [4.78, 5) is 25.4. The SMILES string of the molecule is CC(C)(C)c1nc(CN2CCN(C(=O)C=Cc3ccncc3)CC2)cs1. The van der Waals surface area contributed by atoms with Crippen LogP contribution in [-0.2, 0) is 16.8 Å². The van der Waals surface area contributed by atoms with E-state index in [2.05, 4.69) is 36.0 Å². The van der Waals surface area contributed by atoms with Crippen molar-refractivity contribution in [1.82, 2.24) is 19.8 Å². The number of amides is 1. The predicted octanol–water partition coefficient (Wildman–Crippen LogP) is 3.19. The van der Waals surface area contributed by atoms with Crippen molar-refractivity contribution in [2.24, 2.45) is 0 Å². The average Bonchev–Trinajstić information content (AvgIpc) is 3.10. The van der Waals surface area contributed by atoms with Crippen molar-refractivity contribution in [3.63, 3.8) is 0 Å². The molecule has 0 spiro atoms. The summed E-state index contributed by atoms with van der Waals surface area (Å²) in [6.45, 7) is 10.7. The molecule has 3 heterocycles. The summed E-state index contributed by atoms with van der Waals surface area (Å²) in [5.41, 5.74) is 2.23. The lowest BCUT2D eigenvalue weighted by molar-refractivity contribution is -0.127. The van der Waals surface area contributed by atoms with Crippen molar-refractivity contribution in [3.8, 4) is 0 Å². The van der Waals surface area contributed by atoms with Gasteiger partial charge in [0, 0.05) is 62.0 Å². The van der Waals surface area contributed by atoms with E-state index in [1.807, 2.05) is 23.1 Å². The van der Waals surface area contributed by atoms with Crippen molar-refractivity contribution >= 4 is 23.3 Å². The second kappa shape index (κ2) is 8.10. The lowest BCUT2D eigenvalue weighted by atomic mass is 9.98. The molecule has 3 rings (SSSR count). The third kappa shape index (κ3) is 4.99. The molecule has 1 aliphatic rings. The van der Waals surface area contributed by atoms with Gasteiger partial charge in [0.1, 0.15) is 0 Å². The summed E-state index contributed by atoms with van der Waals surface area (Å²) in [6.07, 6.45) is 6.96. The molecule has 1 aliphatic heterocycles. The standard InChI is InChI=1S/C20H26N4OS/c1-20(2,3)19-22-17(15-26-19)14-23-10-12-24(13-11-23)18(25)5-4-16-6-8-21-9-7-16/h4-9,15H,10-14H2,1-3H3. The molecule has 2 aromatic heterocycles. The molecule has 0 aliphatic carbocycles. The van der Waals surface area contributed by atoms with Crippen LogP contribution in [0, 0.1) is 0 Å². The first-order valence-electron chi connectivity index (χ1n) is 8.96. The fourth-order valence-corrected chi connectivity index (χ4v) is 3.73.